The monoisotopic (exact) mass is 182 g/mol. The van der Waals surface area contributed by atoms with E-state index in [0.717, 1.165) is 26.2 Å². The lowest BCUT2D eigenvalue weighted by Crippen LogP contribution is -2.52. The van der Waals surface area contributed by atoms with Crippen LogP contribution in [-0.4, -0.2) is 50.2 Å². The second-order valence-corrected chi connectivity index (χ2v) is 2.90. The summed E-state index contributed by atoms with van der Waals surface area (Å²) in [5, 5.41) is 5.67. The molecule has 0 bridgehead atoms. The smallest absolute Gasteiger partial charge is 0.351 e. The van der Waals surface area contributed by atoms with Crippen molar-refractivity contribution in [3.05, 3.63) is 11.4 Å². The number of nitrogens with zero attached hydrogens (tertiary/aromatic N) is 2. The fourth-order valence-corrected chi connectivity index (χ4v) is 1.36. The van der Waals surface area contributed by atoms with Crippen LogP contribution >= 0.6 is 0 Å². The van der Waals surface area contributed by atoms with E-state index in [1.54, 1.807) is 7.05 Å². The molecule has 0 aromatic rings. The van der Waals surface area contributed by atoms with Crippen molar-refractivity contribution >= 4 is 5.91 Å². The third kappa shape index (κ3) is 2.41. The molecule has 1 atom stereocenters. The van der Waals surface area contributed by atoms with Gasteiger partial charge in [-0.15, -0.1) is 0 Å². The average molecular weight is 182 g/mol. The van der Waals surface area contributed by atoms with E-state index in [1.807, 2.05) is 4.90 Å². The van der Waals surface area contributed by atoms with Crippen LogP contribution in [-0.2, 0) is 4.79 Å². The Morgan fingerprint density at radius 1 is 1.62 bits per heavy atom. The molecule has 1 fully saturated rings. The molecule has 1 unspecified atom stereocenters. The molecular formula is C8H14N4O. The maximum absolute atomic E-state index is 11.3. The number of hydrogen-bond acceptors (Lipinski definition) is 3. The maximum Gasteiger partial charge on any atom is 0.357 e. The Balaban J connectivity index is 2.55. The number of piperazine rings is 1. The van der Waals surface area contributed by atoms with Gasteiger partial charge in [-0.1, -0.05) is 0 Å². The summed E-state index contributed by atoms with van der Waals surface area (Å²) < 4.78 is 0. The van der Waals surface area contributed by atoms with E-state index in [0.29, 0.717) is 0 Å². The number of carbonyl (C=O) groups is 1. The second-order valence-electron chi connectivity index (χ2n) is 2.90. The minimum Gasteiger partial charge on any atom is -0.351 e. The zero-order valence-corrected chi connectivity index (χ0v) is 7.71. The molecule has 0 saturated carbocycles. The van der Waals surface area contributed by atoms with Crippen molar-refractivity contribution in [2.24, 2.45) is 0 Å². The first-order valence-electron chi connectivity index (χ1n) is 4.32. The van der Waals surface area contributed by atoms with E-state index in [2.05, 4.69) is 15.5 Å². The Bertz CT molecular complexity index is 217. The molecule has 0 spiro atoms. The van der Waals surface area contributed by atoms with Gasteiger partial charge in [0.15, 0.2) is 0 Å². The van der Waals surface area contributed by atoms with Gasteiger partial charge in [-0.3, -0.25) is 9.64 Å². The molecule has 5 nitrogen and oxygen atoms in total. The highest BCUT2D eigenvalue weighted by Gasteiger charge is 2.30. The molecule has 1 saturated heterocycles. The molecule has 1 rings (SSSR count). The van der Waals surface area contributed by atoms with Crippen LogP contribution in [0.15, 0.2) is 0 Å². The van der Waals surface area contributed by atoms with Crippen LogP contribution in [0.1, 0.15) is 0 Å². The van der Waals surface area contributed by atoms with Gasteiger partial charge in [-0.2, -0.15) is 0 Å². The van der Waals surface area contributed by atoms with E-state index < -0.39 is 6.17 Å². The van der Waals surface area contributed by atoms with E-state index in [9.17, 15) is 4.79 Å². The molecule has 0 aromatic carbocycles. The van der Waals surface area contributed by atoms with Crippen molar-refractivity contribution in [2.45, 2.75) is 6.17 Å². The Kier molecular flexibility index (Phi) is 3.68. The molecule has 0 aromatic heterocycles. The Morgan fingerprint density at radius 2 is 2.23 bits per heavy atom. The SMILES string of the molecule is [C-]#[N+]C(C(=O)NC)N1CCNCC1. The summed E-state index contributed by atoms with van der Waals surface area (Å²) in [6.07, 6.45) is -0.646. The van der Waals surface area contributed by atoms with Crippen molar-refractivity contribution < 1.29 is 4.79 Å². The van der Waals surface area contributed by atoms with Gasteiger partial charge in [0, 0.05) is 33.2 Å². The summed E-state index contributed by atoms with van der Waals surface area (Å²) in [5.74, 6) is -0.211. The number of nitrogens with one attached hydrogen (secondary N) is 2. The van der Waals surface area contributed by atoms with E-state index in [1.165, 1.54) is 0 Å². The maximum atomic E-state index is 11.3. The van der Waals surface area contributed by atoms with Gasteiger partial charge in [-0.05, 0) is 0 Å². The summed E-state index contributed by atoms with van der Waals surface area (Å²) in [6, 6.07) is 0. The summed E-state index contributed by atoms with van der Waals surface area (Å²) in [7, 11) is 1.56. The largest absolute Gasteiger partial charge is 0.357 e. The van der Waals surface area contributed by atoms with Gasteiger partial charge in [0.2, 0.25) is 0 Å². The third-order valence-corrected chi connectivity index (χ3v) is 2.10. The van der Waals surface area contributed by atoms with Crippen LogP contribution in [0, 0.1) is 6.57 Å². The molecule has 1 heterocycles. The van der Waals surface area contributed by atoms with Crippen molar-refractivity contribution in [1.29, 1.82) is 0 Å². The van der Waals surface area contributed by atoms with Gasteiger partial charge in [0.1, 0.15) is 0 Å². The predicted octanol–water partition coefficient (Wildman–Crippen LogP) is -1.12. The molecule has 2 N–H and O–H groups in total. The number of hydrogen-bond donors (Lipinski definition) is 2. The Morgan fingerprint density at radius 3 is 2.69 bits per heavy atom. The van der Waals surface area contributed by atoms with Crippen molar-refractivity contribution in [1.82, 2.24) is 15.5 Å². The topological polar surface area (TPSA) is 48.7 Å². The highest BCUT2D eigenvalue weighted by atomic mass is 16.2. The molecule has 13 heavy (non-hydrogen) atoms. The highest BCUT2D eigenvalue weighted by molar-refractivity contribution is 5.82. The normalized spacial score (nSPS) is 20.3. The lowest BCUT2D eigenvalue weighted by atomic mass is 10.3. The minimum atomic E-state index is -0.646. The van der Waals surface area contributed by atoms with E-state index in [4.69, 9.17) is 6.57 Å². The van der Waals surface area contributed by atoms with Gasteiger partial charge in [0.05, 0.1) is 0 Å². The third-order valence-electron chi connectivity index (χ3n) is 2.10. The first-order valence-corrected chi connectivity index (χ1v) is 4.32. The standard InChI is InChI=1S/C8H14N4O/c1-9-7(8(13)10-2)12-5-3-11-4-6-12/h7,11H,3-6H2,2H3,(H,10,13). The molecular weight excluding hydrogens is 168 g/mol. The lowest BCUT2D eigenvalue weighted by Gasteiger charge is -2.26. The molecule has 1 aliphatic heterocycles. The first-order chi connectivity index (χ1) is 6.29. The van der Waals surface area contributed by atoms with Crippen LogP contribution in [0.25, 0.3) is 4.85 Å². The molecule has 5 heteroatoms. The van der Waals surface area contributed by atoms with Gasteiger partial charge < -0.3 is 10.6 Å². The Hall–Kier alpha value is -1.12. The van der Waals surface area contributed by atoms with Crippen LogP contribution in [0.5, 0.6) is 0 Å². The van der Waals surface area contributed by atoms with Crippen molar-refractivity contribution in [3.8, 4) is 0 Å². The second kappa shape index (κ2) is 4.80. The summed E-state index contributed by atoms with van der Waals surface area (Å²) >= 11 is 0. The van der Waals surface area contributed by atoms with Crippen LogP contribution < -0.4 is 10.6 Å². The highest BCUT2D eigenvalue weighted by Crippen LogP contribution is 2.02. The fraction of sp³-hybridized carbons (Fsp3) is 0.750. The summed E-state index contributed by atoms with van der Waals surface area (Å²) in [4.78, 5) is 16.5. The van der Waals surface area contributed by atoms with Crippen molar-refractivity contribution in [2.75, 3.05) is 33.2 Å². The fourth-order valence-electron chi connectivity index (χ4n) is 1.36. The molecule has 72 valence electrons. The molecule has 1 aliphatic rings. The van der Waals surface area contributed by atoms with E-state index in [-0.39, 0.29) is 5.91 Å². The zero-order chi connectivity index (χ0) is 9.68. The zero-order valence-electron chi connectivity index (χ0n) is 7.71. The molecule has 0 radical (unpaired) electrons. The molecule has 1 amide bonds. The van der Waals surface area contributed by atoms with Crippen LogP contribution in [0.3, 0.4) is 0 Å². The molecule has 0 aliphatic carbocycles. The van der Waals surface area contributed by atoms with Gasteiger partial charge in [-0.25, -0.2) is 11.5 Å². The van der Waals surface area contributed by atoms with E-state index >= 15 is 0 Å². The van der Waals surface area contributed by atoms with Crippen LogP contribution in [0.4, 0.5) is 0 Å². The quantitative estimate of drug-likeness (QED) is 0.532. The minimum absolute atomic E-state index is 0.211. The lowest BCUT2D eigenvalue weighted by molar-refractivity contribution is -0.124. The number of carbonyl (C=O) groups excluding carboxylic acids is 1. The summed E-state index contributed by atoms with van der Waals surface area (Å²) in [6.45, 7) is 10.2. The predicted molar refractivity (Wildman–Crippen MR) is 48.9 cm³/mol. The Labute approximate surface area is 77.9 Å². The number of likely N-dealkylation sites (N-methyl/N-ethyl adjacent to an activating group) is 1. The van der Waals surface area contributed by atoms with Gasteiger partial charge in [0.25, 0.3) is 0 Å². The number of rotatable bonds is 2. The number of amides is 1. The van der Waals surface area contributed by atoms with Crippen LogP contribution in [0.2, 0.25) is 0 Å². The van der Waals surface area contributed by atoms with Gasteiger partial charge >= 0.3 is 12.1 Å². The summed E-state index contributed by atoms with van der Waals surface area (Å²) in [5.41, 5.74) is 0. The first kappa shape index (κ1) is 9.96. The van der Waals surface area contributed by atoms with Crippen molar-refractivity contribution in [3.63, 3.8) is 0 Å². The average Bonchev–Trinajstić information content (AvgIpc) is 2.20.